The van der Waals surface area contributed by atoms with Crippen molar-refractivity contribution < 1.29 is 51.5 Å². The molecule has 2 aliphatic rings. The summed E-state index contributed by atoms with van der Waals surface area (Å²) in [5, 5.41) is 0. The van der Waals surface area contributed by atoms with Gasteiger partial charge >= 0.3 is 13.9 Å². The van der Waals surface area contributed by atoms with Gasteiger partial charge in [0.25, 0.3) is 0 Å². The van der Waals surface area contributed by atoms with Crippen LogP contribution in [-0.4, -0.2) is 37.4 Å². The Balaban J connectivity index is 1.89. The summed E-state index contributed by atoms with van der Waals surface area (Å²) in [5.74, 6) is -22.9. The summed E-state index contributed by atoms with van der Waals surface area (Å²) in [6.45, 7) is 21.9. The first-order valence-corrected chi connectivity index (χ1v) is 23.6. The van der Waals surface area contributed by atoms with E-state index in [-0.39, 0.29) is 35.5 Å². The Kier molecular flexibility index (Phi) is 13.3. The van der Waals surface area contributed by atoms with Crippen LogP contribution < -0.4 is 7.58 Å². The third kappa shape index (κ3) is 9.19. The first kappa shape index (κ1) is 49.4. The summed E-state index contributed by atoms with van der Waals surface area (Å²) in [6.07, 6.45) is 0.869. The minimum atomic E-state index is -3.87. The lowest BCUT2D eigenvalue weighted by atomic mass is 9.77. The van der Waals surface area contributed by atoms with Crippen molar-refractivity contribution in [2.24, 2.45) is 9.98 Å². The first-order chi connectivity index (χ1) is 29.4. The lowest BCUT2D eigenvalue weighted by Crippen LogP contribution is -2.31. The Morgan fingerprint density at radius 3 is 1.00 bits per heavy atom. The van der Waals surface area contributed by atoms with E-state index >= 15 is 35.1 Å². The molecule has 1 aliphatic heterocycles. The largest absolute Gasteiger partial charge is 0.999 e. The Bertz CT molecular complexity index is 2370. The maximum absolute atomic E-state index is 16.3. The van der Waals surface area contributed by atoms with Gasteiger partial charge in [-0.15, -0.1) is 0 Å². The fourth-order valence-electron chi connectivity index (χ4n) is 7.94. The van der Waals surface area contributed by atoms with Crippen molar-refractivity contribution in [3.8, 4) is 11.5 Å². The van der Waals surface area contributed by atoms with Crippen LogP contribution in [0.5, 0.6) is 11.5 Å². The highest BCUT2D eigenvalue weighted by molar-refractivity contribution is 7.00. The van der Waals surface area contributed by atoms with Crippen LogP contribution in [0.15, 0.2) is 34.3 Å². The van der Waals surface area contributed by atoms with E-state index in [9.17, 15) is 8.78 Å². The number of benzene rings is 4. The smallest absolute Gasteiger partial charge is 0.599 e. The predicted molar refractivity (Wildman–Crippen MR) is 230 cm³/mol. The molecule has 0 saturated heterocycles. The maximum atomic E-state index is 16.3. The maximum Gasteiger partial charge on any atom is 0.999 e. The second-order valence-corrected chi connectivity index (χ2v) is 22.7. The molecular weight excluding hydrogens is 889 g/mol. The van der Waals surface area contributed by atoms with Gasteiger partial charge in [0.1, 0.15) is 0 Å². The molecule has 0 spiro atoms. The molecule has 0 N–H and O–H groups in total. The number of halogens is 11. The summed E-state index contributed by atoms with van der Waals surface area (Å²) in [7, 11) is 7.17. The molecule has 0 radical (unpaired) electrons. The molecule has 0 aromatic heterocycles. The van der Waals surface area contributed by atoms with Crippen molar-refractivity contribution in [1.82, 2.24) is 0 Å². The molecule has 1 fully saturated rings. The number of aliphatic imine (C=N–C) groups is 2. The number of rotatable bonds is 2. The Morgan fingerprint density at radius 2 is 0.734 bits per heavy atom. The molecule has 2 atom stereocenters. The molecule has 4 aromatic rings. The molecule has 0 unspecified atom stereocenters. The highest BCUT2D eigenvalue weighted by Crippen LogP contribution is 2.45. The van der Waals surface area contributed by atoms with Gasteiger partial charge in [-0.2, -0.15) is 10.0 Å². The lowest BCUT2D eigenvalue weighted by molar-refractivity contribution is 0.374. The first-order valence-electron chi connectivity index (χ1n) is 20.9. The third-order valence-electron chi connectivity index (χ3n) is 11.6. The van der Waals surface area contributed by atoms with Crippen LogP contribution in [-0.2, 0) is 21.7 Å². The van der Waals surface area contributed by atoms with Gasteiger partial charge in [-0.3, -0.25) is 9.98 Å². The van der Waals surface area contributed by atoms with Gasteiger partial charge in [0.15, 0.2) is 46.5 Å². The summed E-state index contributed by atoms with van der Waals surface area (Å²) < 4.78 is 169. The average molecular weight is 939 g/mol. The summed E-state index contributed by atoms with van der Waals surface area (Å²) in [4.78, 5) is 9.60. The van der Waals surface area contributed by atoms with Gasteiger partial charge < -0.3 is 7.58 Å². The third-order valence-corrected chi connectivity index (χ3v) is 13.0. The molecule has 64 heavy (non-hydrogen) atoms. The van der Waals surface area contributed by atoms with Crippen LogP contribution in [0.25, 0.3) is 0 Å². The quantitative estimate of drug-likeness (QED) is 0.0870. The van der Waals surface area contributed by atoms with E-state index in [1.807, 2.05) is 83.1 Å². The van der Waals surface area contributed by atoms with Gasteiger partial charge in [0.05, 0.1) is 46.1 Å². The molecule has 1 aliphatic carbocycles. The minimum absolute atomic E-state index is 0.0459. The minimum Gasteiger partial charge on any atom is -0.599 e. The normalized spacial score (nSPS) is 17.8. The number of nitrogens with zero attached hydrogens (tertiary/aromatic N) is 2. The van der Waals surface area contributed by atoms with Crippen molar-refractivity contribution in [2.75, 3.05) is 0 Å². The Labute approximate surface area is 376 Å². The molecule has 1 saturated carbocycles. The standard InChI is InChI=1S/C48H52F10N2O2.Al.ClH/c1-45(2,3)21-17-23(43(61)25(19-21)47(7,8)9)41(29-31(49)35(53)39(57)36(54)32(29)50)59-27-15-13-14-16-28(27)60-42(30-33(51)37(55)40(58)38(56)34(30)52)24-18-22(46(4,5)6)20-26(44(24)62)48(10,11)12;;/h17-20,27-28,61-62H,13-16H2,1-12H3;;1H/q;+3;/p-3/t27-,28-;;/m1../s1. The molecule has 16 heteroatoms. The zero-order valence-electron chi connectivity index (χ0n) is 37.7. The predicted octanol–water partition coefficient (Wildman–Crippen LogP) is 13.9. The summed E-state index contributed by atoms with van der Waals surface area (Å²) in [6, 6.07) is 4.02. The Hall–Kier alpha value is -4.06. The zero-order valence-corrected chi connectivity index (χ0v) is 39.6. The van der Waals surface area contributed by atoms with Crippen LogP contribution >= 0.6 is 10.0 Å². The van der Waals surface area contributed by atoms with Crippen molar-refractivity contribution in [2.45, 2.75) is 143 Å². The van der Waals surface area contributed by atoms with Gasteiger partial charge in [-0.25, -0.2) is 43.9 Å². The number of fused-ring (bicyclic) bond motifs is 3. The van der Waals surface area contributed by atoms with Gasteiger partial charge in [-0.1, -0.05) is 108 Å². The Morgan fingerprint density at radius 1 is 0.453 bits per heavy atom. The van der Waals surface area contributed by atoms with Gasteiger partial charge in [0.2, 0.25) is 11.6 Å². The fourth-order valence-corrected chi connectivity index (χ4v) is 9.40. The van der Waals surface area contributed by atoms with Crippen LogP contribution in [0, 0.1) is 58.2 Å². The SMILES string of the molecule is CC(C)(C)c1cc2c(c(C(C)(C)C)c1)[O][Al]([Cl])[O]c1c(cc(C(C)(C)C)cc1C(C)(C)C)C(c1c(F)c(F)c(F)c(F)c1F)=N[C@@H]1CCCC[C@H]1N=C2c1c(F)c(F)c(F)c(F)c1F. The number of hydrogen-bond donors (Lipinski definition) is 0. The van der Waals surface area contributed by atoms with Crippen LogP contribution in [0.3, 0.4) is 0 Å². The molecule has 344 valence electrons. The van der Waals surface area contributed by atoms with Crippen LogP contribution in [0.4, 0.5) is 43.9 Å². The lowest BCUT2D eigenvalue weighted by Gasteiger charge is -2.32. The van der Waals surface area contributed by atoms with E-state index in [4.69, 9.17) is 27.6 Å². The number of hydrogen-bond acceptors (Lipinski definition) is 4. The van der Waals surface area contributed by atoms with Gasteiger partial charge in [0, 0.05) is 11.1 Å². The topological polar surface area (TPSA) is 43.2 Å². The van der Waals surface area contributed by atoms with Gasteiger partial charge in [-0.05, 0) is 68.9 Å². The zero-order chi connectivity index (χ0) is 47.9. The van der Waals surface area contributed by atoms with E-state index in [1.165, 1.54) is 12.1 Å². The highest BCUT2D eigenvalue weighted by atomic mass is 35.6. The average Bonchev–Trinajstić information content (AvgIpc) is 3.19. The van der Waals surface area contributed by atoms with Crippen molar-refractivity contribution >= 4 is 35.4 Å². The van der Waals surface area contributed by atoms with Crippen molar-refractivity contribution in [3.05, 3.63) is 127 Å². The van der Waals surface area contributed by atoms with E-state index < -0.39 is 128 Å². The molecule has 4 aromatic carbocycles. The van der Waals surface area contributed by atoms with Crippen molar-refractivity contribution in [3.63, 3.8) is 0 Å². The fraction of sp³-hybridized carbons (Fsp3) is 0.458. The summed E-state index contributed by atoms with van der Waals surface area (Å²) in [5.41, 5.74) is -5.88. The van der Waals surface area contributed by atoms with E-state index in [2.05, 4.69) is 0 Å². The molecule has 1 heterocycles. The van der Waals surface area contributed by atoms with Crippen LogP contribution in [0.1, 0.15) is 153 Å². The summed E-state index contributed by atoms with van der Waals surface area (Å²) >= 11 is -3.87. The van der Waals surface area contributed by atoms with E-state index in [1.54, 1.807) is 12.1 Å². The molecule has 0 amide bonds. The monoisotopic (exact) mass is 938 g/mol. The van der Waals surface area contributed by atoms with E-state index in [0.717, 1.165) is 0 Å². The van der Waals surface area contributed by atoms with Crippen molar-refractivity contribution in [1.29, 1.82) is 0 Å². The van der Waals surface area contributed by atoms with E-state index in [0.29, 0.717) is 35.1 Å². The highest BCUT2D eigenvalue weighted by Gasteiger charge is 2.43. The second-order valence-electron chi connectivity index (χ2n) is 20.6. The molecule has 6 rings (SSSR count). The molecule has 4 nitrogen and oxygen atoms in total. The molecular formula is C48H50AlClF10N2O2. The molecule has 0 bridgehead atoms. The van der Waals surface area contributed by atoms with Crippen LogP contribution in [0.2, 0.25) is 0 Å². The second kappa shape index (κ2) is 17.3.